The molecule has 28 heavy (non-hydrogen) atoms. The summed E-state index contributed by atoms with van der Waals surface area (Å²) in [6, 6.07) is 11.3. The predicted octanol–water partition coefficient (Wildman–Crippen LogP) is 3.97. The quantitative estimate of drug-likeness (QED) is 0.645. The van der Waals surface area contributed by atoms with Crippen LogP contribution in [0.2, 0.25) is 0 Å². The number of nitrogens with one attached hydrogen (secondary N) is 2. The first kappa shape index (κ1) is 18.2. The lowest BCUT2D eigenvalue weighted by Gasteiger charge is -2.26. The summed E-state index contributed by atoms with van der Waals surface area (Å²) in [5.74, 6) is -0.0609. The van der Waals surface area contributed by atoms with Gasteiger partial charge >= 0.3 is 0 Å². The second-order valence-corrected chi connectivity index (χ2v) is 7.22. The molecule has 0 atom stereocenters. The maximum Gasteiger partial charge on any atom is 0.142 e. The molecule has 2 heterocycles. The third-order valence-corrected chi connectivity index (χ3v) is 5.34. The normalized spacial score (nSPS) is 14.8. The zero-order chi connectivity index (χ0) is 19.7. The maximum atomic E-state index is 14.6. The van der Waals surface area contributed by atoms with E-state index in [0.717, 1.165) is 53.5 Å². The molecule has 4 rings (SSSR count). The highest BCUT2D eigenvalue weighted by Gasteiger charge is 2.19. The average Bonchev–Trinajstić information content (AvgIpc) is 2.69. The van der Waals surface area contributed by atoms with Crippen molar-refractivity contribution >= 4 is 22.3 Å². The molecule has 0 amide bonds. The molecule has 0 aliphatic carbocycles. The van der Waals surface area contributed by atoms with Crippen molar-refractivity contribution < 1.29 is 4.39 Å². The highest BCUT2D eigenvalue weighted by Crippen LogP contribution is 2.37. The van der Waals surface area contributed by atoms with Crippen LogP contribution in [0.3, 0.4) is 0 Å². The number of nitrogen functional groups attached to an aromatic ring is 1. The molecular formula is C22H22FN5. The number of aryl methyl sites for hydroxylation is 1. The second kappa shape index (κ2) is 7.45. The molecule has 2 aromatic carbocycles. The molecule has 142 valence electrons. The Morgan fingerprint density at radius 1 is 1.29 bits per heavy atom. The van der Waals surface area contributed by atoms with Crippen molar-refractivity contribution in [2.24, 2.45) is 0 Å². The molecule has 5 nitrogen and oxygen atoms in total. The molecule has 1 saturated heterocycles. The van der Waals surface area contributed by atoms with Crippen LogP contribution in [0.4, 0.5) is 15.9 Å². The van der Waals surface area contributed by atoms with E-state index in [1.54, 1.807) is 12.3 Å². The lowest BCUT2D eigenvalue weighted by molar-refractivity contribution is 0.479. The summed E-state index contributed by atoms with van der Waals surface area (Å²) in [6.45, 7) is 3.78. The van der Waals surface area contributed by atoms with E-state index >= 15 is 0 Å². The first-order chi connectivity index (χ1) is 13.6. The van der Waals surface area contributed by atoms with Gasteiger partial charge in [-0.2, -0.15) is 5.26 Å². The number of pyridine rings is 1. The Labute approximate surface area is 163 Å². The van der Waals surface area contributed by atoms with E-state index in [0.29, 0.717) is 11.1 Å². The number of anilines is 2. The molecule has 1 aliphatic heterocycles. The molecule has 0 spiro atoms. The Kier molecular flexibility index (Phi) is 4.84. The van der Waals surface area contributed by atoms with E-state index < -0.39 is 0 Å². The van der Waals surface area contributed by atoms with Gasteiger partial charge in [-0.25, -0.2) is 9.37 Å². The number of nitrogens with zero attached hydrogens (tertiary/aromatic N) is 2. The fraction of sp³-hybridized carbons (Fsp3) is 0.273. The van der Waals surface area contributed by atoms with Crippen LogP contribution in [-0.4, -0.2) is 24.1 Å². The Morgan fingerprint density at radius 3 is 2.79 bits per heavy atom. The Balaban J connectivity index is 1.94. The summed E-state index contributed by atoms with van der Waals surface area (Å²) in [7, 11) is 0. The van der Waals surface area contributed by atoms with Crippen LogP contribution in [0.5, 0.6) is 0 Å². The van der Waals surface area contributed by atoms with Crippen LogP contribution in [0.25, 0.3) is 21.9 Å². The summed E-state index contributed by atoms with van der Waals surface area (Å²) in [4.78, 5) is 4.17. The number of nitriles is 1. The highest BCUT2D eigenvalue weighted by molar-refractivity contribution is 6.03. The number of piperidine rings is 1. The number of rotatable bonds is 3. The molecular weight excluding hydrogens is 353 g/mol. The summed E-state index contributed by atoms with van der Waals surface area (Å²) >= 11 is 0. The monoisotopic (exact) mass is 375 g/mol. The number of halogens is 1. The first-order valence-electron chi connectivity index (χ1n) is 9.43. The minimum absolute atomic E-state index is 0.207. The van der Waals surface area contributed by atoms with Crippen molar-refractivity contribution in [1.82, 2.24) is 10.3 Å². The molecule has 4 N–H and O–H groups in total. The van der Waals surface area contributed by atoms with Crippen molar-refractivity contribution in [3.05, 3.63) is 53.5 Å². The Hall–Kier alpha value is -3.17. The van der Waals surface area contributed by atoms with Gasteiger partial charge in [0.1, 0.15) is 23.3 Å². The van der Waals surface area contributed by atoms with Gasteiger partial charge in [0.2, 0.25) is 0 Å². The summed E-state index contributed by atoms with van der Waals surface area (Å²) in [6.07, 6.45) is 3.61. The van der Waals surface area contributed by atoms with Crippen molar-refractivity contribution in [2.75, 3.05) is 24.1 Å². The molecule has 0 radical (unpaired) electrons. The molecule has 6 heteroatoms. The predicted molar refractivity (Wildman–Crippen MR) is 111 cm³/mol. The maximum absolute atomic E-state index is 14.6. The highest BCUT2D eigenvalue weighted by atomic mass is 19.1. The fourth-order valence-electron chi connectivity index (χ4n) is 3.93. The molecule has 1 aliphatic rings. The van der Waals surface area contributed by atoms with E-state index in [4.69, 9.17) is 5.73 Å². The molecule has 0 unspecified atom stereocenters. The lowest BCUT2D eigenvalue weighted by atomic mass is 9.94. The SMILES string of the molecule is Cc1cccc(F)c1-c1cc(NC2CCNCC2)c2c(C#N)c(N)ncc2c1. The van der Waals surface area contributed by atoms with Crippen molar-refractivity contribution in [3.8, 4) is 17.2 Å². The number of benzene rings is 2. The van der Waals surface area contributed by atoms with E-state index in [1.165, 1.54) is 6.07 Å². The molecule has 0 saturated carbocycles. The van der Waals surface area contributed by atoms with Crippen LogP contribution in [-0.2, 0) is 0 Å². The molecule has 3 aromatic rings. The minimum Gasteiger partial charge on any atom is -0.383 e. The van der Waals surface area contributed by atoms with Gasteiger partial charge in [-0.05, 0) is 62.2 Å². The van der Waals surface area contributed by atoms with Gasteiger partial charge < -0.3 is 16.4 Å². The summed E-state index contributed by atoms with van der Waals surface area (Å²) in [5.41, 5.74) is 9.30. The van der Waals surface area contributed by atoms with Crippen molar-refractivity contribution in [2.45, 2.75) is 25.8 Å². The number of hydrogen-bond acceptors (Lipinski definition) is 5. The Morgan fingerprint density at radius 2 is 2.07 bits per heavy atom. The molecule has 0 bridgehead atoms. The largest absolute Gasteiger partial charge is 0.383 e. The smallest absolute Gasteiger partial charge is 0.142 e. The third kappa shape index (κ3) is 3.25. The first-order valence-corrected chi connectivity index (χ1v) is 9.43. The zero-order valence-electron chi connectivity index (χ0n) is 15.7. The standard InChI is InChI=1S/C22H22FN5/c1-13-3-2-4-18(23)20(13)14-9-15-12-27-22(25)17(11-24)21(15)19(10-14)28-16-5-7-26-8-6-16/h2-4,9-10,12,16,26,28H,5-8H2,1H3,(H2,25,27). The van der Waals surface area contributed by atoms with Crippen LogP contribution in [0.1, 0.15) is 24.0 Å². The van der Waals surface area contributed by atoms with Gasteiger partial charge in [0.25, 0.3) is 0 Å². The summed E-state index contributed by atoms with van der Waals surface area (Å²) in [5, 5.41) is 18.1. The van der Waals surface area contributed by atoms with Gasteiger partial charge in [0.05, 0.1) is 0 Å². The second-order valence-electron chi connectivity index (χ2n) is 7.22. The van der Waals surface area contributed by atoms with Crippen LogP contribution < -0.4 is 16.4 Å². The van der Waals surface area contributed by atoms with Crippen LogP contribution in [0.15, 0.2) is 36.5 Å². The fourth-order valence-corrected chi connectivity index (χ4v) is 3.93. The summed E-state index contributed by atoms with van der Waals surface area (Å²) < 4.78 is 14.6. The third-order valence-electron chi connectivity index (χ3n) is 5.34. The van der Waals surface area contributed by atoms with E-state index in [9.17, 15) is 9.65 Å². The van der Waals surface area contributed by atoms with Crippen molar-refractivity contribution in [3.63, 3.8) is 0 Å². The van der Waals surface area contributed by atoms with Gasteiger partial charge in [-0.1, -0.05) is 12.1 Å². The number of fused-ring (bicyclic) bond motifs is 1. The van der Waals surface area contributed by atoms with E-state index in [1.807, 2.05) is 25.1 Å². The van der Waals surface area contributed by atoms with Gasteiger partial charge in [0, 0.05) is 34.3 Å². The van der Waals surface area contributed by atoms with Crippen LogP contribution >= 0.6 is 0 Å². The number of hydrogen-bond donors (Lipinski definition) is 3. The van der Waals surface area contributed by atoms with Gasteiger partial charge in [0.15, 0.2) is 0 Å². The molecule has 1 aromatic heterocycles. The lowest BCUT2D eigenvalue weighted by Crippen LogP contribution is -2.35. The van der Waals surface area contributed by atoms with Gasteiger partial charge in [-0.15, -0.1) is 0 Å². The van der Waals surface area contributed by atoms with E-state index in [-0.39, 0.29) is 17.7 Å². The number of aromatic nitrogens is 1. The van der Waals surface area contributed by atoms with Gasteiger partial charge in [-0.3, -0.25) is 0 Å². The van der Waals surface area contributed by atoms with E-state index in [2.05, 4.69) is 21.7 Å². The average molecular weight is 375 g/mol. The topological polar surface area (TPSA) is 86.8 Å². The Bertz CT molecular complexity index is 1060. The minimum atomic E-state index is -0.268. The number of nitrogens with two attached hydrogens (primary N) is 1. The van der Waals surface area contributed by atoms with Crippen LogP contribution in [0, 0.1) is 24.1 Å². The van der Waals surface area contributed by atoms with Crippen molar-refractivity contribution in [1.29, 1.82) is 5.26 Å². The zero-order valence-corrected chi connectivity index (χ0v) is 15.7. The molecule has 1 fully saturated rings.